The van der Waals surface area contributed by atoms with Gasteiger partial charge in [0.15, 0.2) is 0 Å². The van der Waals surface area contributed by atoms with E-state index in [9.17, 15) is 4.79 Å². The van der Waals surface area contributed by atoms with E-state index in [1.54, 1.807) is 12.3 Å². The first-order valence-electron chi connectivity index (χ1n) is 4.92. The summed E-state index contributed by atoms with van der Waals surface area (Å²) < 4.78 is 0. The zero-order valence-electron chi connectivity index (χ0n) is 8.90. The Morgan fingerprint density at radius 2 is 2.40 bits per heavy atom. The molecule has 1 atom stereocenters. The van der Waals surface area contributed by atoms with Gasteiger partial charge in [0.1, 0.15) is 6.04 Å². The highest BCUT2D eigenvalue weighted by molar-refractivity contribution is 5.76. The van der Waals surface area contributed by atoms with E-state index >= 15 is 0 Å². The average Bonchev–Trinajstić information content (AvgIpc) is 2.17. The van der Waals surface area contributed by atoms with E-state index in [0.29, 0.717) is 12.4 Å². The summed E-state index contributed by atoms with van der Waals surface area (Å²) in [6.45, 7) is 3.77. The summed E-state index contributed by atoms with van der Waals surface area (Å²) in [6, 6.07) is 1.15. The van der Waals surface area contributed by atoms with Crippen molar-refractivity contribution in [3.05, 3.63) is 18.0 Å². The lowest BCUT2D eigenvalue weighted by Gasteiger charge is -2.13. The molecule has 0 spiro atoms. The third kappa shape index (κ3) is 3.53. The molecule has 0 saturated carbocycles. The zero-order chi connectivity index (χ0) is 11.3. The summed E-state index contributed by atoms with van der Waals surface area (Å²) in [5, 5.41) is 11.7. The Labute approximate surface area is 88.6 Å². The Kier molecular flexibility index (Phi) is 4.03. The highest BCUT2D eigenvalue weighted by atomic mass is 16.4. The molecule has 2 N–H and O–H groups in total. The van der Waals surface area contributed by atoms with Gasteiger partial charge in [0.2, 0.25) is 5.95 Å². The summed E-state index contributed by atoms with van der Waals surface area (Å²) in [6.07, 6.45) is 2.97. The molecular formula is C10H15N3O2. The predicted octanol–water partition coefficient (Wildman–Crippen LogP) is 1.45. The molecule has 0 aromatic carbocycles. The third-order valence-electron chi connectivity index (χ3n) is 1.97. The number of aryl methyl sites for hydroxylation is 1. The second kappa shape index (κ2) is 5.29. The number of anilines is 1. The highest BCUT2D eigenvalue weighted by Crippen LogP contribution is 2.05. The van der Waals surface area contributed by atoms with Gasteiger partial charge in [0.25, 0.3) is 0 Å². The van der Waals surface area contributed by atoms with Gasteiger partial charge in [-0.1, -0.05) is 13.3 Å². The zero-order valence-corrected chi connectivity index (χ0v) is 8.90. The van der Waals surface area contributed by atoms with Gasteiger partial charge < -0.3 is 10.4 Å². The highest BCUT2D eigenvalue weighted by Gasteiger charge is 2.16. The fourth-order valence-electron chi connectivity index (χ4n) is 1.22. The van der Waals surface area contributed by atoms with E-state index in [2.05, 4.69) is 15.3 Å². The molecule has 0 radical (unpaired) electrons. The van der Waals surface area contributed by atoms with Gasteiger partial charge >= 0.3 is 5.97 Å². The number of nitrogens with one attached hydrogen (secondary N) is 1. The van der Waals surface area contributed by atoms with E-state index in [1.807, 2.05) is 13.8 Å². The van der Waals surface area contributed by atoms with Crippen molar-refractivity contribution in [2.24, 2.45) is 0 Å². The van der Waals surface area contributed by atoms with Crippen LogP contribution in [-0.2, 0) is 4.79 Å². The van der Waals surface area contributed by atoms with Crippen LogP contribution in [0.2, 0.25) is 0 Å². The average molecular weight is 209 g/mol. The van der Waals surface area contributed by atoms with Crippen LogP contribution in [0.5, 0.6) is 0 Å². The van der Waals surface area contributed by atoms with Crippen molar-refractivity contribution in [3.8, 4) is 0 Å². The monoisotopic (exact) mass is 209 g/mol. The molecule has 1 aromatic rings. The van der Waals surface area contributed by atoms with Gasteiger partial charge in [-0.05, 0) is 19.4 Å². The molecule has 0 aliphatic rings. The third-order valence-corrected chi connectivity index (χ3v) is 1.97. The second-order valence-corrected chi connectivity index (χ2v) is 3.35. The maximum absolute atomic E-state index is 10.9. The molecule has 1 unspecified atom stereocenters. The molecular weight excluding hydrogens is 194 g/mol. The van der Waals surface area contributed by atoms with Crippen LogP contribution in [0.4, 0.5) is 5.95 Å². The van der Waals surface area contributed by atoms with E-state index in [-0.39, 0.29) is 0 Å². The maximum atomic E-state index is 10.9. The van der Waals surface area contributed by atoms with Crippen LogP contribution in [0.25, 0.3) is 0 Å². The second-order valence-electron chi connectivity index (χ2n) is 3.35. The van der Waals surface area contributed by atoms with E-state index < -0.39 is 12.0 Å². The van der Waals surface area contributed by atoms with E-state index in [4.69, 9.17) is 5.11 Å². The number of aromatic nitrogens is 2. The number of carboxylic acids is 1. The maximum Gasteiger partial charge on any atom is 0.326 e. The number of nitrogens with zero attached hydrogens (tertiary/aromatic N) is 2. The van der Waals surface area contributed by atoms with Gasteiger partial charge in [-0.3, -0.25) is 0 Å². The summed E-state index contributed by atoms with van der Waals surface area (Å²) in [7, 11) is 0. The van der Waals surface area contributed by atoms with Crippen molar-refractivity contribution >= 4 is 11.9 Å². The Hall–Kier alpha value is -1.65. The van der Waals surface area contributed by atoms with E-state index in [1.165, 1.54) is 0 Å². The molecule has 1 aromatic heterocycles. The fraction of sp³-hybridized carbons (Fsp3) is 0.500. The minimum absolute atomic E-state index is 0.371. The minimum atomic E-state index is -0.873. The number of rotatable bonds is 5. The summed E-state index contributed by atoms with van der Waals surface area (Å²) in [5.74, 6) is -0.502. The van der Waals surface area contributed by atoms with Crippen LogP contribution in [0, 0.1) is 6.92 Å². The number of hydrogen-bond acceptors (Lipinski definition) is 4. The molecule has 0 aliphatic carbocycles. The van der Waals surface area contributed by atoms with Gasteiger partial charge in [-0.15, -0.1) is 0 Å². The lowest BCUT2D eigenvalue weighted by Crippen LogP contribution is -2.29. The molecule has 0 saturated heterocycles. The first kappa shape index (κ1) is 11.4. The van der Waals surface area contributed by atoms with Crippen molar-refractivity contribution in [3.63, 3.8) is 0 Å². The molecule has 5 heteroatoms. The van der Waals surface area contributed by atoms with Crippen LogP contribution in [-0.4, -0.2) is 27.1 Å². The van der Waals surface area contributed by atoms with Gasteiger partial charge in [0, 0.05) is 11.9 Å². The predicted molar refractivity (Wildman–Crippen MR) is 56.7 cm³/mol. The smallest absolute Gasteiger partial charge is 0.326 e. The first-order chi connectivity index (χ1) is 7.13. The summed E-state index contributed by atoms with van der Waals surface area (Å²) in [4.78, 5) is 18.9. The normalized spacial score (nSPS) is 12.1. The summed E-state index contributed by atoms with van der Waals surface area (Å²) in [5.41, 5.74) is 0.813. The number of carboxylic acid groups (broad SMARTS) is 1. The van der Waals surface area contributed by atoms with Crippen LogP contribution in [0.3, 0.4) is 0 Å². The Morgan fingerprint density at radius 1 is 1.67 bits per heavy atom. The van der Waals surface area contributed by atoms with Crippen LogP contribution < -0.4 is 5.32 Å². The van der Waals surface area contributed by atoms with E-state index in [0.717, 1.165) is 12.1 Å². The Bertz CT molecular complexity index is 341. The quantitative estimate of drug-likeness (QED) is 0.767. The largest absolute Gasteiger partial charge is 0.480 e. The molecule has 0 bridgehead atoms. The topological polar surface area (TPSA) is 75.1 Å². The van der Waals surface area contributed by atoms with Gasteiger partial charge in [-0.2, -0.15) is 0 Å². The van der Waals surface area contributed by atoms with Gasteiger partial charge in [-0.25, -0.2) is 14.8 Å². The molecule has 0 amide bonds. The first-order valence-corrected chi connectivity index (χ1v) is 4.92. The molecule has 82 valence electrons. The van der Waals surface area contributed by atoms with Crippen molar-refractivity contribution in [1.82, 2.24) is 9.97 Å². The van der Waals surface area contributed by atoms with Gasteiger partial charge in [0.05, 0.1) is 0 Å². The number of hydrogen-bond donors (Lipinski definition) is 2. The molecule has 1 rings (SSSR count). The summed E-state index contributed by atoms with van der Waals surface area (Å²) >= 11 is 0. The lowest BCUT2D eigenvalue weighted by atomic mass is 10.2. The Morgan fingerprint density at radius 3 is 2.93 bits per heavy atom. The molecule has 0 fully saturated rings. The molecule has 15 heavy (non-hydrogen) atoms. The van der Waals surface area contributed by atoms with Crippen molar-refractivity contribution in [1.29, 1.82) is 0 Å². The standard InChI is InChI=1S/C10H15N3O2/c1-3-4-8(9(14)15)13-10-11-6-5-7(2)12-10/h5-6,8H,3-4H2,1-2H3,(H,14,15)(H,11,12,13). The fourth-order valence-corrected chi connectivity index (χ4v) is 1.22. The number of carbonyl (C=O) groups is 1. The Balaban J connectivity index is 2.69. The van der Waals surface area contributed by atoms with Crippen molar-refractivity contribution < 1.29 is 9.90 Å². The number of aliphatic carboxylic acids is 1. The molecule has 0 aliphatic heterocycles. The van der Waals surface area contributed by atoms with Crippen molar-refractivity contribution in [2.75, 3.05) is 5.32 Å². The van der Waals surface area contributed by atoms with Crippen molar-refractivity contribution in [2.45, 2.75) is 32.7 Å². The minimum Gasteiger partial charge on any atom is -0.480 e. The lowest BCUT2D eigenvalue weighted by molar-refractivity contribution is -0.138. The molecule has 1 heterocycles. The van der Waals surface area contributed by atoms with Crippen LogP contribution in [0.15, 0.2) is 12.3 Å². The SMILES string of the molecule is CCCC(Nc1nccc(C)n1)C(=O)O. The van der Waals surface area contributed by atoms with Crippen LogP contribution in [0.1, 0.15) is 25.5 Å². The van der Waals surface area contributed by atoms with Crippen LogP contribution >= 0.6 is 0 Å². The molecule has 5 nitrogen and oxygen atoms in total.